The maximum atomic E-state index is 5.25. The summed E-state index contributed by atoms with van der Waals surface area (Å²) in [7, 11) is 0. The van der Waals surface area contributed by atoms with Crippen molar-refractivity contribution in [3.05, 3.63) is 170 Å². The van der Waals surface area contributed by atoms with Gasteiger partial charge in [0.1, 0.15) is 0 Å². The molecule has 0 saturated heterocycles. The Hall–Kier alpha value is -6.52. The fourth-order valence-corrected chi connectivity index (χ4v) is 7.24. The Bertz CT molecular complexity index is 2840. The molecule has 0 N–H and O–H groups in total. The summed E-state index contributed by atoms with van der Waals surface area (Å²) in [4.78, 5) is 10.3. The van der Waals surface area contributed by atoms with Gasteiger partial charge in [0.2, 0.25) is 0 Å². The second-order valence-electron chi connectivity index (χ2n) is 12.3. The molecule has 0 saturated carbocycles. The van der Waals surface area contributed by atoms with E-state index in [0.717, 1.165) is 44.6 Å². The standard InChI is InChI=1S/C44H28N4/c1-2-14-34(15-3-1)47-24-23-31-27-38-36-17-7-9-20-40(36)48(42(38)28-41(31)47)35-16-10-13-33(26-35)44-45-39-19-8-6-18-37(39)43(46-44)32-22-21-29-11-4-5-12-30(29)25-32/h1-28H. The molecule has 0 aliphatic rings. The summed E-state index contributed by atoms with van der Waals surface area (Å²) < 4.78 is 4.64. The fraction of sp³-hybridized carbons (Fsp3) is 0. The summed E-state index contributed by atoms with van der Waals surface area (Å²) in [6.07, 6.45) is 2.16. The average Bonchev–Trinajstić information content (AvgIpc) is 3.72. The molecule has 4 nitrogen and oxygen atoms in total. The third kappa shape index (κ3) is 4.16. The zero-order valence-electron chi connectivity index (χ0n) is 26.0. The zero-order valence-corrected chi connectivity index (χ0v) is 26.0. The SMILES string of the molecule is c1ccc(-n2ccc3cc4c5ccccc5n(-c5cccc(-c6nc(-c7ccc8ccccc8c7)c7ccccc7n6)c5)c4cc32)cc1. The topological polar surface area (TPSA) is 35.6 Å². The Kier molecular flexibility index (Phi) is 5.84. The van der Waals surface area contributed by atoms with Gasteiger partial charge in [-0.05, 0) is 71.4 Å². The van der Waals surface area contributed by atoms with Crippen LogP contribution in [0.4, 0.5) is 0 Å². The van der Waals surface area contributed by atoms with Crippen molar-refractivity contribution in [1.82, 2.24) is 19.1 Å². The van der Waals surface area contributed by atoms with Crippen molar-refractivity contribution in [2.45, 2.75) is 0 Å². The third-order valence-corrected chi connectivity index (χ3v) is 9.51. The van der Waals surface area contributed by atoms with Crippen molar-refractivity contribution in [2.75, 3.05) is 0 Å². The molecule has 0 fully saturated rings. The van der Waals surface area contributed by atoms with Crippen LogP contribution in [0, 0.1) is 0 Å². The zero-order chi connectivity index (χ0) is 31.6. The molecule has 10 aromatic rings. The van der Waals surface area contributed by atoms with Gasteiger partial charge in [0, 0.05) is 50.2 Å². The van der Waals surface area contributed by atoms with Crippen molar-refractivity contribution in [2.24, 2.45) is 0 Å². The molecule has 0 aliphatic heterocycles. The Balaban J connectivity index is 1.18. The minimum atomic E-state index is 0.708. The number of rotatable bonds is 4. The Morgan fingerprint density at radius 3 is 2.08 bits per heavy atom. The van der Waals surface area contributed by atoms with Gasteiger partial charge in [-0.3, -0.25) is 0 Å². The molecule has 0 radical (unpaired) electrons. The first-order valence-electron chi connectivity index (χ1n) is 16.2. The van der Waals surface area contributed by atoms with Crippen molar-refractivity contribution in [1.29, 1.82) is 0 Å². The van der Waals surface area contributed by atoms with Gasteiger partial charge in [0.05, 0.1) is 27.8 Å². The van der Waals surface area contributed by atoms with Crippen molar-refractivity contribution < 1.29 is 0 Å². The molecule has 0 bridgehead atoms. The fourth-order valence-electron chi connectivity index (χ4n) is 7.24. The van der Waals surface area contributed by atoms with Gasteiger partial charge in [-0.1, -0.05) is 103 Å². The van der Waals surface area contributed by atoms with E-state index in [2.05, 4.69) is 173 Å². The van der Waals surface area contributed by atoms with E-state index in [1.807, 2.05) is 6.07 Å². The maximum Gasteiger partial charge on any atom is 0.160 e. The highest BCUT2D eigenvalue weighted by Gasteiger charge is 2.17. The highest BCUT2D eigenvalue weighted by molar-refractivity contribution is 6.13. The van der Waals surface area contributed by atoms with Gasteiger partial charge in [0.25, 0.3) is 0 Å². The van der Waals surface area contributed by atoms with Gasteiger partial charge < -0.3 is 9.13 Å². The van der Waals surface area contributed by atoms with Gasteiger partial charge in [-0.15, -0.1) is 0 Å². The van der Waals surface area contributed by atoms with Crippen LogP contribution in [0.5, 0.6) is 0 Å². The quantitative estimate of drug-likeness (QED) is 0.198. The number of hydrogen-bond donors (Lipinski definition) is 0. The Labute approximate surface area is 276 Å². The summed E-state index contributed by atoms with van der Waals surface area (Å²) in [5, 5.41) is 7.13. The largest absolute Gasteiger partial charge is 0.316 e. The molecule has 48 heavy (non-hydrogen) atoms. The molecule has 0 amide bonds. The van der Waals surface area contributed by atoms with Crippen LogP contribution >= 0.6 is 0 Å². The lowest BCUT2D eigenvalue weighted by molar-refractivity contribution is 1.12. The van der Waals surface area contributed by atoms with Crippen LogP contribution in [0.25, 0.3) is 88.4 Å². The second kappa shape index (κ2) is 10.5. The molecule has 10 rings (SSSR count). The predicted octanol–water partition coefficient (Wildman–Crippen LogP) is 11.2. The van der Waals surface area contributed by atoms with Crippen LogP contribution in [0.1, 0.15) is 0 Å². The molecule has 7 aromatic carbocycles. The number of hydrogen-bond acceptors (Lipinski definition) is 2. The lowest BCUT2D eigenvalue weighted by atomic mass is 10.0. The number of nitrogens with zero attached hydrogens (tertiary/aromatic N) is 4. The Morgan fingerprint density at radius 2 is 1.17 bits per heavy atom. The molecule has 0 spiro atoms. The minimum Gasteiger partial charge on any atom is -0.316 e. The monoisotopic (exact) mass is 612 g/mol. The molecule has 0 aliphatic carbocycles. The maximum absolute atomic E-state index is 5.25. The summed E-state index contributed by atoms with van der Waals surface area (Å²) in [5.74, 6) is 0.708. The molecule has 224 valence electrons. The molecular formula is C44H28N4. The van der Waals surface area contributed by atoms with E-state index in [4.69, 9.17) is 9.97 Å². The Morgan fingerprint density at radius 1 is 0.396 bits per heavy atom. The number of para-hydroxylation sites is 3. The minimum absolute atomic E-state index is 0.708. The van der Waals surface area contributed by atoms with Crippen molar-refractivity contribution in [3.8, 4) is 34.0 Å². The van der Waals surface area contributed by atoms with E-state index in [1.54, 1.807) is 0 Å². The van der Waals surface area contributed by atoms with Gasteiger partial charge in [-0.2, -0.15) is 0 Å². The molecule has 4 heteroatoms. The van der Waals surface area contributed by atoms with Crippen LogP contribution in [-0.2, 0) is 0 Å². The van der Waals surface area contributed by atoms with Gasteiger partial charge >= 0.3 is 0 Å². The van der Waals surface area contributed by atoms with Crippen LogP contribution < -0.4 is 0 Å². The van der Waals surface area contributed by atoms with Crippen molar-refractivity contribution in [3.63, 3.8) is 0 Å². The normalized spacial score (nSPS) is 11.8. The van der Waals surface area contributed by atoms with E-state index < -0.39 is 0 Å². The molecular weight excluding hydrogens is 585 g/mol. The third-order valence-electron chi connectivity index (χ3n) is 9.51. The smallest absolute Gasteiger partial charge is 0.160 e. The highest BCUT2D eigenvalue weighted by Crippen LogP contribution is 2.37. The van der Waals surface area contributed by atoms with Crippen LogP contribution in [0.3, 0.4) is 0 Å². The predicted molar refractivity (Wildman–Crippen MR) is 199 cm³/mol. The first-order chi connectivity index (χ1) is 23.8. The van der Waals surface area contributed by atoms with E-state index in [9.17, 15) is 0 Å². The lowest BCUT2D eigenvalue weighted by Gasteiger charge is -2.13. The van der Waals surface area contributed by atoms with Gasteiger partial charge in [0.15, 0.2) is 5.82 Å². The molecule has 3 heterocycles. The highest BCUT2D eigenvalue weighted by atomic mass is 15.0. The van der Waals surface area contributed by atoms with Crippen LogP contribution in [0.15, 0.2) is 170 Å². The molecule has 3 aromatic heterocycles. The first-order valence-corrected chi connectivity index (χ1v) is 16.2. The number of aromatic nitrogens is 4. The number of fused-ring (bicyclic) bond motifs is 6. The lowest BCUT2D eigenvalue weighted by Crippen LogP contribution is -1.98. The summed E-state index contributed by atoms with van der Waals surface area (Å²) >= 11 is 0. The summed E-state index contributed by atoms with van der Waals surface area (Å²) in [5.41, 5.74) is 9.63. The van der Waals surface area contributed by atoms with E-state index >= 15 is 0 Å². The van der Waals surface area contributed by atoms with Gasteiger partial charge in [-0.25, -0.2) is 9.97 Å². The second-order valence-corrected chi connectivity index (χ2v) is 12.3. The summed E-state index contributed by atoms with van der Waals surface area (Å²) in [6, 6.07) is 58.0. The van der Waals surface area contributed by atoms with Crippen molar-refractivity contribution >= 4 is 54.4 Å². The molecule has 0 unspecified atom stereocenters. The molecule has 0 atom stereocenters. The van der Waals surface area contributed by atoms with Crippen LogP contribution in [0.2, 0.25) is 0 Å². The van der Waals surface area contributed by atoms with E-state index in [-0.39, 0.29) is 0 Å². The van der Waals surface area contributed by atoms with E-state index in [0.29, 0.717) is 5.82 Å². The number of benzene rings is 7. The van der Waals surface area contributed by atoms with Crippen LogP contribution in [-0.4, -0.2) is 19.1 Å². The summed E-state index contributed by atoms with van der Waals surface area (Å²) in [6.45, 7) is 0. The van der Waals surface area contributed by atoms with E-state index in [1.165, 1.54) is 38.0 Å². The average molecular weight is 613 g/mol. The first kappa shape index (κ1) is 26.7.